The van der Waals surface area contributed by atoms with Crippen molar-refractivity contribution in [2.24, 2.45) is 0 Å². The molecular weight excluding hydrogens is 184 g/mol. The Bertz CT molecular complexity index is 317. The summed E-state index contributed by atoms with van der Waals surface area (Å²) in [6.07, 6.45) is -0.735. The topological polar surface area (TPSA) is 37.3 Å². The van der Waals surface area contributed by atoms with Gasteiger partial charge in [0, 0.05) is 9.80 Å². The summed E-state index contributed by atoms with van der Waals surface area (Å²) >= 11 is 0. The van der Waals surface area contributed by atoms with Crippen LogP contribution in [0.1, 0.15) is 6.92 Å². The Morgan fingerprint density at radius 3 is 2.46 bits per heavy atom. The number of aliphatic hydroxyl groups is 1. The van der Waals surface area contributed by atoms with Gasteiger partial charge in [0.05, 0.1) is 16.9 Å². The van der Waals surface area contributed by atoms with Crippen LogP contribution in [0.15, 0.2) is 46.7 Å². The van der Waals surface area contributed by atoms with Crippen LogP contribution < -0.4 is 0 Å². The number of hydrogen-bond donors (Lipinski definition) is 1. The fourth-order valence-corrected chi connectivity index (χ4v) is 1.87. The third kappa shape index (κ3) is 2.50. The minimum atomic E-state index is -1.30. The molecule has 0 spiro atoms. The summed E-state index contributed by atoms with van der Waals surface area (Å²) in [6.45, 7) is 5.14. The highest BCUT2D eigenvalue weighted by molar-refractivity contribution is 7.89. The largest absolute Gasteiger partial charge is 0.388 e. The Morgan fingerprint density at radius 1 is 1.46 bits per heavy atom. The lowest BCUT2D eigenvalue weighted by Gasteiger charge is -2.07. The first-order valence-electron chi connectivity index (χ1n) is 3.96. The molecule has 1 rings (SSSR count). The molecule has 0 aliphatic rings. The summed E-state index contributed by atoms with van der Waals surface area (Å²) in [6, 6.07) is 8.98. The van der Waals surface area contributed by atoms with E-state index in [1.807, 2.05) is 18.2 Å². The van der Waals surface area contributed by atoms with Gasteiger partial charge < -0.3 is 5.11 Å². The van der Waals surface area contributed by atoms with Crippen molar-refractivity contribution in [3.05, 3.63) is 41.8 Å². The lowest BCUT2D eigenvalue weighted by molar-refractivity contribution is 0.240. The number of benzene rings is 1. The Kier molecular flexibility index (Phi) is 3.39. The molecule has 0 fully saturated rings. The van der Waals surface area contributed by atoms with Gasteiger partial charge in [0.25, 0.3) is 0 Å². The van der Waals surface area contributed by atoms with Crippen molar-refractivity contribution in [2.75, 3.05) is 0 Å². The first-order chi connectivity index (χ1) is 6.13. The maximum Gasteiger partial charge on any atom is 0.0843 e. The average Bonchev–Trinajstić information content (AvgIpc) is 2.17. The Balaban J connectivity index is 2.87. The summed E-state index contributed by atoms with van der Waals surface area (Å²) in [7, 11) is -1.30. The molecule has 0 saturated carbocycles. The molecule has 1 aromatic carbocycles. The highest BCUT2D eigenvalue weighted by atomic mass is 32.2. The molecule has 0 aliphatic heterocycles. The summed E-state index contributed by atoms with van der Waals surface area (Å²) in [5, 5.41) is 9.16. The van der Waals surface area contributed by atoms with Gasteiger partial charge in [0.1, 0.15) is 0 Å². The quantitative estimate of drug-likeness (QED) is 0.798. The lowest BCUT2D eigenvalue weighted by atomic mass is 10.4. The van der Waals surface area contributed by atoms with E-state index in [0.717, 1.165) is 0 Å². The fraction of sp³-hybridized carbons (Fsp3) is 0.200. The first kappa shape index (κ1) is 10.2. The predicted octanol–water partition coefficient (Wildman–Crippen LogP) is 1.69. The highest BCUT2D eigenvalue weighted by Crippen LogP contribution is 2.14. The van der Waals surface area contributed by atoms with Crippen molar-refractivity contribution >= 4 is 10.8 Å². The van der Waals surface area contributed by atoms with Crippen molar-refractivity contribution in [3.8, 4) is 0 Å². The summed E-state index contributed by atoms with van der Waals surface area (Å²) < 4.78 is 11.6. The molecule has 0 radical (unpaired) electrons. The number of rotatable bonds is 3. The van der Waals surface area contributed by atoms with Crippen LogP contribution in [-0.2, 0) is 10.8 Å². The van der Waals surface area contributed by atoms with Gasteiger partial charge in [-0.3, -0.25) is 0 Å². The maximum absolute atomic E-state index is 11.6. The molecule has 0 aliphatic carbocycles. The molecular formula is C10H12O2S. The van der Waals surface area contributed by atoms with Crippen molar-refractivity contribution in [1.29, 1.82) is 0 Å². The second kappa shape index (κ2) is 4.35. The standard InChI is InChI=1S/C10H12O2S/c1-8(11)9(2)13(12)10-6-4-3-5-7-10/h3-8,11H,2H2,1H3/t8-,13+/m1/s1. The van der Waals surface area contributed by atoms with Crippen molar-refractivity contribution in [1.82, 2.24) is 0 Å². The van der Waals surface area contributed by atoms with Gasteiger partial charge >= 0.3 is 0 Å². The van der Waals surface area contributed by atoms with E-state index in [1.54, 1.807) is 19.1 Å². The van der Waals surface area contributed by atoms with E-state index in [-0.39, 0.29) is 0 Å². The minimum absolute atomic E-state index is 0.339. The van der Waals surface area contributed by atoms with E-state index < -0.39 is 16.9 Å². The lowest BCUT2D eigenvalue weighted by Crippen LogP contribution is -2.08. The molecule has 0 unspecified atom stereocenters. The van der Waals surface area contributed by atoms with Crippen LogP contribution in [0, 0.1) is 0 Å². The molecule has 70 valence electrons. The Hall–Kier alpha value is -0.930. The van der Waals surface area contributed by atoms with E-state index in [4.69, 9.17) is 5.11 Å². The molecule has 0 amide bonds. The zero-order valence-corrected chi connectivity index (χ0v) is 8.25. The van der Waals surface area contributed by atoms with Gasteiger partial charge in [-0.2, -0.15) is 0 Å². The minimum Gasteiger partial charge on any atom is -0.388 e. The fourth-order valence-electron chi connectivity index (χ4n) is 0.850. The van der Waals surface area contributed by atoms with Crippen LogP contribution in [0.5, 0.6) is 0 Å². The van der Waals surface area contributed by atoms with Gasteiger partial charge in [0.2, 0.25) is 0 Å². The Morgan fingerprint density at radius 2 is 2.00 bits per heavy atom. The van der Waals surface area contributed by atoms with Crippen LogP contribution in [0.3, 0.4) is 0 Å². The number of hydrogen-bond acceptors (Lipinski definition) is 2. The summed E-state index contributed by atoms with van der Waals surface area (Å²) in [4.78, 5) is 1.01. The number of aliphatic hydroxyl groups excluding tert-OH is 1. The molecule has 13 heavy (non-hydrogen) atoms. The third-order valence-electron chi connectivity index (χ3n) is 1.66. The molecule has 0 bridgehead atoms. The molecule has 2 atom stereocenters. The zero-order chi connectivity index (χ0) is 9.84. The van der Waals surface area contributed by atoms with Gasteiger partial charge in [-0.25, -0.2) is 4.21 Å². The normalized spacial score (nSPS) is 14.9. The second-order valence-corrected chi connectivity index (χ2v) is 4.26. The molecule has 0 saturated heterocycles. The molecule has 3 heteroatoms. The maximum atomic E-state index is 11.6. The van der Waals surface area contributed by atoms with E-state index in [1.165, 1.54) is 0 Å². The molecule has 1 N–H and O–H groups in total. The van der Waals surface area contributed by atoms with Crippen molar-refractivity contribution in [3.63, 3.8) is 0 Å². The SMILES string of the molecule is C=C([C@@H](C)O)[S@](=O)c1ccccc1. The van der Waals surface area contributed by atoms with Crippen LogP contribution in [-0.4, -0.2) is 15.4 Å². The van der Waals surface area contributed by atoms with Crippen LogP contribution in [0.4, 0.5) is 0 Å². The van der Waals surface area contributed by atoms with Crippen LogP contribution in [0.25, 0.3) is 0 Å². The molecule has 0 aromatic heterocycles. The van der Waals surface area contributed by atoms with Gasteiger partial charge in [-0.1, -0.05) is 24.8 Å². The van der Waals surface area contributed by atoms with E-state index in [2.05, 4.69) is 6.58 Å². The predicted molar refractivity (Wildman–Crippen MR) is 53.7 cm³/mol. The molecule has 1 aromatic rings. The average molecular weight is 196 g/mol. The van der Waals surface area contributed by atoms with E-state index in [0.29, 0.717) is 9.80 Å². The molecule has 0 heterocycles. The van der Waals surface area contributed by atoms with Gasteiger partial charge in [-0.05, 0) is 19.1 Å². The van der Waals surface area contributed by atoms with Crippen LogP contribution >= 0.6 is 0 Å². The third-order valence-corrected chi connectivity index (χ3v) is 3.18. The van der Waals surface area contributed by atoms with Gasteiger partial charge in [-0.15, -0.1) is 0 Å². The Labute approximate surface area is 80.4 Å². The summed E-state index contributed by atoms with van der Waals surface area (Å²) in [5.41, 5.74) is 0. The van der Waals surface area contributed by atoms with Crippen LogP contribution in [0.2, 0.25) is 0 Å². The second-order valence-electron chi connectivity index (χ2n) is 2.72. The van der Waals surface area contributed by atoms with Crippen molar-refractivity contribution < 1.29 is 9.32 Å². The highest BCUT2D eigenvalue weighted by Gasteiger charge is 2.11. The first-order valence-corrected chi connectivity index (χ1v) is 5.11. The zero-order valence-electron chi connectivity index (χ0n) is 7.43. The van der Waals surface area contributed by atoms with E-state index in [9.17, 15) is 4.21 Å². The monoisotopic (exact) mass is 196 g/mol. The molecule has 2 nitrogen and oxygen atoms in total. The van der Waals surface area contributed by atoms with E-state index >= 15 is 0 Å². The summed E-state index contributed by atoms with van der Waals surface area (Å²) in [5.74, 6) is 0. The van der Waals surface area contributed by atoms with Gasteiger partial charge in [0.15, 0.2) is 0 Å². The smallest absolute Gasteiger partial charge is 0.0843 e. The van der Waals surface area contributed by atoms with Crippen molar-refractivity contribution in [2.45, 2.75) is 17.9 Å².